The number of halogens is 1. The number of hydrogen-bond donors (Lipinski definition) is 1. The van der Waals surface area contributed by atoms with Crippen LogP contribution in [0.25, 0.3) is 5.78 Å². The van der Waals surface area contributed by atoms with Gasteiger partial charge < -0.3 is 5.11 Å². The fraction of sp³-hybridized carbons (Fsp3) is 0.0714. The molecule has 2 aromatic heterocycles. The zero-order chi connectivity index (χ0) is 14.8. The lowest BCUT2D eigenvalue weighted by atomic mass is 10.2. The van der Waals surface area contributed by atoms with Crippen molar-refractivity contribution in [1.29, 1.82) is 0 Å². The van der Waals surface area contributed by atoms with E-state index in [4.69, 9.17) is 5.11 Å². The minimum Gasteiger partial charge on any atom is -0.478 e. The lowest BCUT2D eigenvalue weighted by Crippen LogP contribution is -1.97. The van der Waals surface area contributed by atoms with E-state index in [-0.39, 0.29) is 5.56 Å². The van der Waals surface area contributed by atoms with Crippen LogP contribution in [0.3, 0.4) is 0 Å². The van der Waals surface area contributed by atoms with Crippen LogP contribution in [0.1, 0.15) is 16.1 Å². The van der Waals surface area contributed by atoms with Gasteiger partial charge in [0.25, 0.3) is 0 Å². The first-order valence-electron chi connectivity index (χ1n) is 6.08. The highest BCUT2D eigenvalue weighted by molar-refractivity contribution is 7.98. The lowest BCUT2D eigenvalue weighted by molar-refractivity contribution is 0.0696. The monoisotopic (exact) mass is 303 g/mol. The van der Waals surface area contributed by atoms with Gasteiger partial charge in [0.15, 0.2) is 0 Å². The summed E-state index contributed by atoms with van der Waals surface area (Å²) in [6, 6.07) is 5.53. The quantitative estimate of drug-likeness (QED) is 0.751. The van der Waals surface area contributed by atoms with Gasteiger partial charge in [-0.15, -0.1) is 11.8 Å². The van der Waals surface area contributed by atoms with Gasteiger partial charge in [-0.1, -0.05) is 0 Å². The molecule has 0 radical (unpaired) electrons. The Morgan fingerprint density at radius 1 is 1.43 bits per heavy atom. The molecule has 0 saturated heterocycles. The van der Waals surface area contributed by atoms with E-state index in [0.717, 1.165) is 11.8 Å². The van der Waals surface area contributed by atoms with Crippen molar-refractivity contribution in [3.05, 3.63) is 59.9 Å². The summed E-state index contributed by atoms with van der Waals surface area (Å²) >= 11 is 1.21. The molecule has 0 saturated carbocycles. The summed E-state index contributed by atoms with van der Waals surface area (Å²) in [6.45, 7) is 0. The van der Waals surface area contributed by atoms with Crippen LogP contribution >= 0.6 is 11.8 Å². The van der Waals surface area contributed by atoms with Gasteiger partial charge in [-0.3, -0.25) is 4.40 Å². The first kappa shape index (κ1) is 13.6. The molecular formula is C14H10FN3O2S. The molecule has 0 fully saturated rings. The van der Waals surface area contributed by atoms with Crippen LogP contribution in [0.5, 0.6) is 0 Å². The van der Waals surface area contributed by atoms with Crippen molar-refractivity contribution >= 4 is 23.5 Å². The van der Waals surface area contributed by atoms with Crippen LogP contribution in [0.2, 0.25) is 0 Å². The average molecular weight is 303 g/mol. The summed E-state index contributed by atoms with van der Waals surface area (Å²) in [6.07, 6.45) is 5.29. The molecule has 0 atom stereocenters. The van der Waals surface area contributed by atoms with Gasteiger partial charge in [-0.05, 0) is 24.3 Å². The Kier molecular flexibility index (Phi) is 3.57. The number of carboxylic acid groups (broad SMARTS) is 1. The second kappa shape index (κ2) is 5.53. The third-order valence-corrected chi connectivity index (χ3v) is 3.90. The number of carboxylic acids is 1. The Morgan fingerprint density at radius 3 is 3.05 bits per heavy atom. The minimum atomic E-state index is -1.08. The molecule has 0 amide bonds. The third-order valence-electron chi connectivity index (χ3n) is 2.84. The molecule has 1 aromatic carbocycles. The molecule has 0 aliphatic carbocycles. The number of carbonyl (C=O) groups is 1. The first-order chi connectivity index (χ1) is 10.1. The molecule has 106 valence electrons. The van der Waals surface area contributed by atoms with Crippen molar-refractivity contribution in [2.24, 2.45) is 0 Å². The highest BCUT2D eigenvalue weighted by atomic mass is 32.2. The normalized spacial score (nSPS) is 10.9. The van der Waals surface area contributed by atoms with Crippen LogP contribution in [0.4, 0.5) is 4.39 Å². The predicted octanol–water partition coefficient (Wildman–Crippen LogP) is 2.86. The van der Waals surface area contributed by atoms with Crippen molar-refractivity contribution in [3.8, 4) is 0 Å². The number of nitrogens with zero attached hydrogens (tertiary/aromatic N) is 3. The maximum absolute atomic E-state index is 13.7. The molecular weight excluding hydrogens is 293 g/mol. The Bertz CT molecular complexity index is 786. The Labute approximate surface area is 123 Å². The van der Waals surface area contributed by atoms with Crippen LogP contribution < -0.4 is 0 Å². The fourth-order valence-electron chi connectivity index (χ4n) is 1.85. The van der Waals surface area contributed by atoms with Crippen molar-refractivity contribution in [3.63, 3.8) is 0 Å². The smallest absolute Gasteiger partial charge is 0.335 e. The van der Waals surface area contributed by atoms with E-state index in [1.54, 1.807) is 16.7 Å². The van der Waals surface area contributed by atoms with E-state index < -0.39 is 11.8 Å². The van der Waals surface area contributed by atoms with Crippen LogP contribution in [-0.4, -0.2) is 25.4 Å². The summed E-state index contributed by atoms with van der Waals surface area (Å²) in [4.78, 5) is 19.6. The Morgan fingerprint density at radius 2 is 2.29 bits per heavy atom. The van der Waals surface area contributed by atoms with E-state index in [9.17, 15) is 9.18 Å². The number of rotatable bonds is 4. The number of aromatic nitrogens is 3. The Balaban J connectivity index is 1.80. The summed E-state index contributed by atoms with van der Waals surface area (Å²) in [5.41, 5.74) is 0.814. The molecule has 0 aliphatic heterocycles. The minimum absolute atomic E-state index is 0.0653. The SMILES string of the molecule is O=C(O)c1ccc(F)c(SCc2cn3cccnc3n2)c1. The summed E-state index contributed by atoms with van der Waals surface area (Å²) < 4.78 is 15.5. The third kappa shape index (κ3) is 2.87. The van der Waals surface area contributed by atoms with Gasteiger partial charge in [0, 0.05) is 29.2 Å². The highest BCUT2D eigenvalue weighted by Gasteiger charge is 2.10. The zero-order valence-corrected chi connectivity index (χ0v) is 11.5. The summed E-state index contributed by atoms with van der Waals surface area (Å²) in [5.74, 6) is -0.503. The number of imidazole rings is 1. The zero-order valence-electron chi connectivity index (χ0n) is 10.7. The number of hydrogen-bond acceptors (Lipinski definition) is 4. The first-order valence-corrected chi connectivity index (χ1v) is 7.06. The number of benzene rings is 1. The topological polar surface area (TPSA) is 67.5 Å². The van der Waals surface area contributed by atoms with Crippen LogP contribution in [0.15, 0.2) is 47.8 Å². The van der Waals surface area contributed by atoms with Gasteiger partial charge in [-0.2, -0.15) is 0 Å². The van der Waals surface area contributed by atoms with E-state index in [0.29, 0.717) is 16.4 Å². The van der Waals surface area contributed by atoms with E-state index in [1.165, 1.54) is 23.9 Å². The molecule has 0 unspecified atom stereocenters. The molecule has 7 heteroatoms. The van der Waals surface area contributed by atoms with Gasteiger partial charge in [-0.25, -0.2) is 19.2 Å². The largest absolute Gasteiger partial charge is 0.478 e. The van der Waals surface area contributed by atoms with Crippen molar-refractivity contribution in [2.75, 3.05) is 0 Å². The molecule has 3 rings (SSSR count). The summed E-state index contributed by atoms with van der Waals surface area (Å²) in [7, 11) is 0. The van der Waals surface area contributed by atoms with Gasteiger partial charge in [0.2, 0.25) is 5.78 Å². The molecule has 21 heavy (non-hydrogen) atoms. The average Bonchev–Trinajstić information content (AvgIpc) is 2.89. The number of aromatic carboxylic acids is 1. The highest BCUT2D eigenvalue weighted by Crippen LogP contribution is 2.26. The van der Waals surface area contributed by atoms with E-state index >= 15 is 0 Å². The lowest BCUT2D eigenvalue weighted by Gasteiger charge is -2.03. The maximum atomic E-state index is 13.7. The molecule has 2 heterocycles. The van der Waals surface area contributed by atoms with Gasteiger partial charge in [0.05, 0.1) is 11.3 Å². The van der Waals surface area contributed by atoms with E-state index in [1.807, 2.05) is 12.4 Å². The Hall–Kier alpha value is -2.41. The molecule has 3 aromatic rings. The molecule has 0 aliphatic rings. The van der Waals surface area contributed by atoms with Crippen LogP contribution in [-0.2, 0) is 5.75 Å². The molecule has 0 spiro atoms. The second-order valence-corrected chi connectivity index (χ2v) is 5.32. The number of thioether (sulfide) groups is 1. The van der Waals surface area contributed by atoms with Gasteiger partial charge >= 0.3 is 5.97 Å². The van der Waals surface area contributed by atoms with E-state index in [2.05, 4.69) is 9.97 Å². The van der Waals surface area contributed by atoms with Crippen molar-refractivity contribution < 1.29 is 14.3 Å². The van der Waals surface area contributed by atoms with Crippen molar-refractivity contribution in [1.82, 2.24) is 14.4 Å². The van der Waals surface area contributed by atoms with Crippen molar-refractivity contribution in [2.45, 2.75) is 10.6 Å². The molecule has 1 N–H and O–H groups in total. The maximum Gasteiger partial charge on any atom is 0.335 e. The fourth-order valence-corrected chi connectivity index (χ4v) is 2.71. The standard InChI is InChI=1S/C14H10FN3O2S/c15-11-3-2-9(13(19)20)6-12(11)21-8-10-7-18-5-1-4-16-14(18)17-10/h1-7H,8H2,(H,19,20). The molecule has 0 bridgehead atoms. The summed E-state index contributed by atoms with van der Waals surface area (Å²) in [5, 5.41) is 8.93. The number of fused-ring (bicyclic) bond motifs is 1. The second-order valence-electron chi connectivity index (χ2n) is 4.30. The predicted molar refractivity (Wildman–Crippen MR) is 75.9 cm³/mol. The molecule has 5 nitrogen and oxygen atoms in total. The van der Waals surface area contributed by atoms with Crippen LogP contribution in [0, 0.1) is 5.82 Å². The van der Waals surface area contributed by atoms with Gasteiger partial charge in [0.1, 0.15) is 5.82 Å².